The van der Waals surface area contributed by atoms with Crippen molar-refractivity contribution in [1.82, 2.24) is 0 Å². The van der Waals surface area contributed by atoms with Crippen molar-refractivity contribution < 1.29 is 28.8 Å². The van der Waals surface area contributed by atoms with Crippen LogP contribution >= 0.6 is 11.6 Å². The summed E-state index contributed by atoms with van der Waals surface area (Å²) in [5.41, 5.74) is -1.84. The van der Waals surface area contributed by atoms with Crippen molar-refractivity contribution in [2.24, 2.45) is 17.8 Å². The lowest BCUT2D eigenvalue weighted by molar-refractivity contribution is -0.541. The predicted molar refractivity (Wildman–Crippen MR) is 88.6 cm³/mol. The molecule has 1 aliphatic carbocycles. The molecule has 5 fully saturated rings. The van der Waals surface area contributed by atoms with Gasteiger partial charge in [0.05, 0.1) is 6.61 Å². The first kappa shape index (κ1) is 18.0. The van der Waals surface area contributed by atoms with Gasteiger partial charge in [-0.3, -0.25) is 0 Å². The summed E-state index contributed by atoms with van der Waals surface area (Å²) in [6.45, 7) is 6.21. The Morgan fingerprint density at radius 3 is 2.76 bits per heavy atom. The molecule has 4 saturated heterocycles. The second-order valence-corrected chi connectivity index (χ2v) is 8.64. The number of rotatable bonds is 4. The van der Waals surface area contributed by atoms with E-state index >= 15 is 0 Å². The number of hydrogen-bond donors (Lipinski definition) is 0. The summed E-state index contributed by atoms with van der Waals surface area (Å²) in [5.74, 6) is -0.191. The van der Waals surface area contributed by atoms with Crippen molar-refractivity contribution in [3.8, 4) is 0 Å². The molecule has 4 heterocycles. The van der Waals surface area contributed by atoms with E-state index in [4.69, 9.17) is 35.6 Å². The molecule has 0 aromatic carbocycles. The average molecular weight is 375 g/mol. The average Bonchev–Trinajstić information content (AvgIpc) is 2.67. The van der Waals surface area contributed by atoms with Crippen LogP contribution in [0.2, 0.25) is 0 Å². The Labute approximate surface area is 153 Å². The minimum atomic E-state index is -1.10. The Hall–Kier alpha value is -0.400. The molecule has 2 bridgehead atoms. The molecule has 142 valence electrons. The highest BCUT2D eigenvalue weighted by Crippen LogP contribution is 2.63. The largest absolute Gasteiger partial charge is 0.464 e. The summed E-state index contributed by atoms with van der Waals surface area (Å²) >= 11 is 5.68. The zero-order chi connectivity index (χ0) is 17.9. The molecule has 7 atom stereocenters. The highest BCUT2D eigenvalue weighted by atomic mass is 35.5. The second-order valence-electron chi connectivity index (χ2n) is 8.26. The van der Waals surface area contributed by atoms with Gasteiger partial charge in [-0.1, -0.05) is 6.92 Å². The number of ether oxygens (including phenoxy) is 3. The lowest BCUT2D eigenvalue weighted by Gasteiger charge is -2.50. The molecular weight excluding hydrogens is 348 g/mol. The van der Waals surface area contributed by atoms with Gasteiger partial charge in [0, 0.05) is 18.2 Å². The van der Waals surface area contributed by atoms with E-state index < -0.39 is 23.3 Å². The Kier molecular flexibility index (Phi) is 4.36. The molecule has 1 spiro atoms. The Morgan fingerprint density at radius 1 is 1.20 bits per heavy atom. The minimum Gasteiger partial charge on any atom is -0.464 e. The molecule has 0 aromatic rings. The van der Waals surface area contributed by atoms with Gasteiger partial charge < -0.3 is 14.2 Å². The molecule has 1 unspecified atom stereocenters. The number of hydrogen-bond acceptors (Lipinski definition) is 6. The maximum atomic E-state index is 12.9. The van der Waals surface area contributed by atoms with Crippen molar-refractivity contribution in [1.29, 1.82) is 0 Å². The summed E-state index contributed by atoms with van der Waals surface area (Å²) < 4.78 is 17.9. The SMILES string of the molecule is C[C@@H]1CCC2[C@]34OO[C@](C)(CC[C@@H]13)O[C@H]4O[C@]2(C)C(=O)OCCCCl. The summed E-state index contributed by atoms with van der Waals surface area (Å²) in [6, 6.07) is 0. The molecule has 0 aromatic heterocycles. The molecular formula is C18H27ClO6. The fourth-order valence-corrected chi connectivity index (χ4v) is 5.37. The van der Waals surface area contributed by atoms with Gasteiger partial charge >= 0.3 is 5.97 Å². The van der Waals surface area contributed by atoms with Gasteiger partial charge in [-0.2, -0.15) is 0 Å². The standard InChI is InChI=1S/C18H27ClO6/c1-11-5-6-13-17(3,14(20)21-10-4-9-19)23-15-18(13)12(11)7-8-16(2,22-15)24-25-18/h11-13,15H,4-10H2,1-3H3/t11-,12+,13?,15+,16-,17+,18-/m1/s1. The van der Waals surface area contributed by atoms with Gasteiger partial charge in [-0.25, -0.2) is 14.6 Å². The normalized spacial score (nSPS) is 51.0. The molecule has 0 N–H and O–H groups in total. The molecule has 6 nitrogen and oxygen atoms in total. The maximum Gasteiger partial charge on any atom is 0.338 e. The Morgan fingerprint density at radius 2 is 2.00 bits per heavy atom. The van der Waals surface area contributed by atoms with Crippen molar-refractivity contribution in [3.05, 3.63) is 0 Å². The van der Waals surface area contributed by atoms with E-state index in [1.54, 1.807) is 6.92 Å². The van der Waals surface area contributed by atoms with Crippen LogP contribution in [-0.2, 0) is 28.8 Å². The minimum absolute atomic E-state index is 0.155. The predicted octanol–water partition coefficient (Wildman–Crippen LogP) is 3.16. The first-order valence-corrected chi connectivity index (χ1v) is 9.85. The monoisotopic (exact) mass is 374 g/mol. The summed E-state index contributed by atoms with van der Waals surface area (Å²) in [6.07, 6.45) is 3.54. The smallest absolute Gasteiger partial charge is 0.338 e. The Bertz CT molecular complexity index is 558. The van der Waals surface area contributed by atoms with Crippen LogP contribution in [0.15, 0.2) is 0 Å². The molecule has 5 rings (SSSR count). The number of halogens is 1. The van der Waals surface area contributed by atoms with Crippen LogP contribution in [0.1, 0.15) is 52.9 Å². The maximum absolute atomic E-state index is 12.9. The number of fused-ring (bicyclic) bond motifs is 2. The topological polar surface area (TPSA) is 63.2 Å². The van der Waals surface area contributed by atoms with Gasteiger partial charge in [0.2, 0.25) is 5.79 Å². The fraction of sp³-hybridized carbons (Fsp3) is 0.944. The zero-order valence-electron chi connectivity index (χ0n) is 15.1. The molecule has 1 saturated carbocycles. The molecule has 0 radical (unpaired) electrons. The van der Waals surface area contributed by atoms with Crippen LogP contribution in [0.5, 0.6) is 0 Å². The quantitative estimate of drug-likeness (QED) is 0.326. The van der Waals surface area contributed by atoms with Crippen LogP contribution in [0, 0.1) is 17.8 Å². The third-order valence-corrected chi connectivity index (χ3v) is 6.92. The van der Waals surface area contributed by atoms with E-state index in [0.29, 0.717) is 24.8 Å². The van der Waals surface area contributed by atoms with E-state index in [2.05, 4.69) is 6.92 Å². The van der Waals surface area contributed by atoms with Crippen LogP contribution in [0.3, 0.4) is 0 Å². The second kappa shape index (κ2) is 6.06. The van der Waals surface area contributed by atoms with Gasteiger partial charge in [-0.05, 0) is 51.4 Å². The van der Waals surface area contributed by atoms with E-state index in [1.807, 2.05) is 6.92 Å². The van der Waals surface area contributed by atoms with Crippen molar-refractivity contribution in [2.45, 2.75) is 76.2 Å². The lowest BCUT2D eigenvalue weighted by Crippen LogP contribution is -2.62. The van der Waals surface area contributed by atoms with Crippen LogP contribution < -0.4 is 0 Å². The number of alkyl halides is 1. The Balaban J connectivity index is 1.68. The van der Waals surface area contributed by atoms with E-state index in [-0.39, 0.29) is 17.8 Å². The van der Waals surface area contributed by atoms with Crippen LogP contribution in [0.4, 0.5) is 0 Å². The van der Waals surface area contributed by atoms with Crippen LogP contribution in [-0.4, -0.2) is 41.7 Å². The van der Waals surface area contributed by atoms with Crippen molar-refractivity contribution >= 4 is 17.6 Å². The highest BCUT2D eigenvalue weighted by molar-refractivity contribution is 6.17. The summed E-state index contributed by atoms with van der Waals surface area (Å²) in [7, 11) is 0. The lowest BCUT2D eigenvalue weighted by atomic mass is 9.60. The van der Waals surface area contributed by atoms with Gasteiger partial charge in [0.25, 0.3) is 0 Å². The molecule has 5 aliphatic rings. The molecule has 25 heavy (non-hydrogen) atoms. The van der Waals surface area contributed by atoms with Gasteiger partial charge in [0.1, 0.15) is 0 Å². The fourth-order valence-electron chi connectivity index (χ4n) is 5.26. The highest BCUT2D eigenvalue weighted by Gasteiger charge is 2.76. The number of esters is 1. The van der Waals surface area contributed by atoms with E-state index in [0.717, 1.165) is 25.7 Å². The van der Waals surface area contributed by atoms with Gasteiger partial charge in [0.15, 0.2) is 17.5 Å². The molecule has 4 aliphatic heterocycles. The number of carbonyl (C=O) groups is 1. The third kappa shape index (κ3) is 2.48. The first-order valence-electron chi connectivity index (χ1n) is 9.31. The summed E-state index contributed by atoms with van der Waals surface area (Å²) in [4.78, 5) is 24.6. The van der Waals surface area contributed by atoms with Crippen LogP contribution in [0.25, 0.3) is 0 Å². The summed E-state index contributed by atoms with van der Waals surface area (Å²) in [5, 5.41) is 0. The van der Waals surface area contributed by atoms with Gasteiger partial charge in [-0.15, -0.1) is 11.6 Å². The molecule has 0 amide bonds. The number of carbonyl (C=O) groups excluding carboxylic acids is 1. The van der Waals surface area contributed by atoms with Crippen molar-refractivity contribution in [2.75, 3.05) is 12.5 Å². The van der Waals surface area contributed by atoms with E-state index in [1.165, 1.54) is 0 Å². The first-order chi connectivity index (χ1) is 11.9. The van der Waals surface area contributed by atoms with Crippen molar-refractivity contribution in [3.63, 3.8) is 0 Å². The van der Waals surface area contributed by atoms with E-state index in [9.17, 15) is 4.79 Å². The zero-order valence-corrected chi connectivity index (χ0v) is 15.8. The molecule has 7 heteroatoms. The third-order valence-electron chi connectivity index (χ3n) is 6.65.